The molecular weight excluding hydrogens is 326 g/mol. The van der Waals surface area contributed by atoms with Gasteiger partial charge in [0.15, 0.2) is 0 Å². The highest BCUT2D eigenvalue weighted by molar-refractivity contribution is 9.10. The lowest BCUT2D eigenvalue weighted by Crippen LogP contribution is -2.24. The fraction of sp³-hybridized carbons (Fsp3) is 0.571. The Morgan fingerprint density at radius 2 is 1.95 bits per heavy atom. The lowest BCUT2D eigenvalue weighted by atomic mass is 9.91. The minimum Gasteiger partial charge on any atom is -0.283 e. The summed E-state index contributed by atoms with van der Waals surface area (Å²) in [6.07, 6.45) is 5.65. The molecule has 0 radical (unpaired) electrons. The predicted molar refractivity (Wildman–Crippen MR) is 82.9 cm³/mol. The van der Waals surface area contributed by atoms with Gasteiger partial charge >= 0.3 is 0 Å². The number of sulfonamides is 1. The van der Waals surface area contributed by atoms with E-state index in [0.717, 1.165) is 35.7 Å². The third-order valence-electron chi connectivity index (χ3n) is 3.64. The molecule has 0 aromatic heterocycles. The summed E-state index contributed by atoms with van der Waals surface area (Å²) in [5, 5.41) is 0. The van der Waals surface area contributed by atoms with Gasteiger partial charge in [-0.25, -0.2) is 8.42 Å². The van der Waals surface area contributed by atoms with Gasteiger partial charge in [-0.05, 0) is 43.4 Å². The Hall–Kier alpha value is -0.550. The van der Waals surface area contributed by atoms with E-state index in [0.29, 0.717) is 11.6 Å². The van der Waals surface area contributed by atoms with Crippen molar-refractivity contribution in [2.75, 3.05) is 10.5 Å². The molecule has 1 aliphatic carbocycles. The van der Waals surface area contributed by atoms with Crippen LogP contribution in [0, 0.1) is 12.8 Å². The number of benzene rings is 1. The van der Waals surface area contributed by atoms with Crippen LogP contribution in [0.3, 0.4) is 0 Å². The van der Waals surface area contributed by atoms with E-state index in [2.05, 4.69) is 20.7 Å². The molecule has 5 heteroatoms. The topological polar surface area (TPSA) is 46.2 Å². The van der Waals surface area contributed by atoms with E-state index in [-0.39, 0.29) is 5.75 Å². The molecule has 0 bridgehead atoms. The average Bonchev–Trinajstić information content (AvgIpc) is 2.34. The lowest BCUT2D eigenvalue weighted by molar-refractivity contribution is 0.385. The zero-order chi connectivity index (χ0) is 13.9. The van der Waals surface area contributed by atoms with Gasteiger partial charge in [-0.2, -0.15) is 0 Å². The van der Waals surface area contributed by atoms with Crippen molar-refractivity contribution in [2.24, 2.45) is 5.92 Å². The third-order valence-corrected chi connectivity index (χ3v) is 5.58. The maximum atomic E-state index is 12.2. The second kappa shape index (κ2) is 6.27. The number of anilines is 1. The number of nitrogens with one attached hydrogen (secondary N) is 1. The van der Waals surface area contributed by atoms with Crippen molar-refractivity contribution in [1.29, 1.82) is 0 Å². The van der Waals surface area contributed by atoms with E-state index in [1.165, 1.54) is 6.42 Å². The highest BCUT2D eigenvalue weighted by Crippen LogP contribution is 2.26. The molecule has 1 fully saturated rings. The first kappa shape index (κ1) is 14.9. The molecule has 0 saturated heterocycles. The monoisotopic (exact) mass is 345 g/mol. The van der Waals surface area contributed by atoms with Crippen molar-refractivity contribution in [3.05, 3.63) is 28.2 Å². The van der Waals surface area contributed by atoms with Crippen LogP contribution in [-0.4, -0.2) is 14.2 Å². The zero-order valence-electron chi connectivity index (χ0n) is 11.2. The summed E-state index contributed by atoms with van der Waals surface area (Å²) in [4.78, 5) is 0. The molecule has 0 atom stereocenters. The molecule has 106 valence electrons. The van der Waals surface area contributed by atoms with Crippen LogP contribution in [-0.2, 0) is 10.0 Å². The van der Waals surface area contributed by atoms with E-state index in [4.69, 9.17) is 0 Å². The van der Waals surface area contributed by atoms with Crippen LogP contribution in [0.15, 0.2) is 22.7 Å². The lowest BCUT2D eigenvalue weighted by Gasteiger charge is -2.22. The molecule has 2 rings (SSSR count). The Labute approximate surface area is 124 Å². The van der Waals surface area contributed by atoms with Gasteiger partial charge in [0.1, 0.15) is 0 Å². The largest absolute Gasteiger partial charge is 0.283 e. The highest BCUT2D eigenvalue weighted by atomic mass is 79.9. The van der Waals surface area contributed by atoms with Gasteiger partial charge in [-0.1, -0.05) is 41.3 Å². The Morgan fingerprint density at radius 3 is 2.63 bits per heavy atom. The van der Waals surface area contributed by atoms with E-state index in [1.54, 1.807) is 0 Å². The molecule has 1 N–H and O–H groups in total. The highest BCUT2D eigenvalue weighted by Gasteiger charge is 2.21. The molecule has 1 aromatic carbocycles. The van der Waals surface area contributed by atoms with Crippen LogP contribution in [0.4, 0.5) is 5.69 Å². The van der Waals surface area contributed by atoms with Gasteiger partial charge in [-0.3, -0.25) is 4.72 Å². The van der Waals surface area contributed by atoms with E-state index >= 15 is 0 Å². The summed E-state index contributed by atoms with van der Waals surface area (Å²) < 4.78 is 28.0. The Bertz CT molecular complexity index is 536. The number of rotatable bonds is 4. The van der Waals surface area contributed by atoms with Crippen LogP contribution in [0.25, 0.3) is 0 Å². The van der Waals surface area contributed by atoms with Gasteiger partial charge in [-0.15, -0.1) is 0 Å². The average molecular weight is 346 g/mol. The van der Waals surface area contributed by atoms with E-state index in [9.17, 15) is 8.42 Å². The van der Waals surface area contributed by atoms with Crippen molar-refractivity contribution in [2.45, 2.75) is 39.0 Å². The number of hydrogen-bond acceptors (Lipinski definition) is 2. The summed E-state index contributed by atoms with van der Waals surface area (Å²) in [7, 11) is -3.24. The first-order valence-corrected chi connectivity index (χ1v) is 9.17. The van der Waals surface area contributed by atoms with Crippen molar-refractivity contribution < 1.29 is 8.42 Å². The van der Waals surface area contributed by atoms with Crippen LogP contribution in [0.5, 0.6) is 0 Å². The van der Waals surface area contributed by atoms with Crippen molar-refractivity contribution >= 4 is 31.6 Å². The van der Waals surface area contributed by atoms with Crippen LogP contribution in [0.1, 0.15) is 37.7 Å². The van der Waals surface area contributed by atoms with Crippen molar-refractivity contribution in [3.8, 4) is 0 Å². The summed E-state index contributed by atoms with van der Waals surface area (Å²) in [6, 6.07) is 5.63. The first-order chi connectivity index (χ1) is 8.96. The molecule has 0 amide bonds. The van der Waals surface area contributed by atoms with Crippen molar-refractivity contribution in [1.82, 2.24) is 0 Å². The van der Waals surface area contributed by atoms with Crippen LogP contribution in [0.2, 0.25) is 0 Å². The number of hydrogen-bond donors (Lipinski definition) is 1. The molecule has 0 heterocycles. The molecule has 19 heavy (non-hydrogen) atoms. The molecule has 1 aromatic rings. The minimum atomic E-state index is -3.24. The second-order valence-corrected chi connectivity index (χ2v) is 8.03. The Morgan fingerprint density at radius 1 is 1.26 bits per heavy atom. The van der Waals surface area contributed by atoms with Gasteiger partial charge in [0.25, 0.3) is 0 Å². The fourth-order valence-electron chi connectivity index (χ4n) is 2.58. The second-order valence-electron chi connectivity index (χ2n) is 5.35. The summed E-state index contributed by atoms with van der Waals surface area (Å²) in [5.74, 6) is 0.567. The fourth-order valence-corrected chi connectivity index (χ4v) is 4.53. The summed E-state index contributed by atoms with van der Waals surface area (Å²) in [6.45, 7) is 1.91. The van der Waals surface area contributed by atoms with Gasteiger partial charge in [0.05, 0.1) is 11.4 Å². The zero-order valence-corrected chi connectivity index (χ0v) is 13.6. The molecule has 1 aliphatic rings. The molecule has 1 saturated carbocycles. The van der Waals surface area contributed by atoms with Crippen LogP contribution < -0.4 is 4.72 Å². The van der Waals surface area contributed by atoms with Gasteiger partial charge in [0.2, 0.25) is 10.0 Å². The quantitative estimate of drug-likeness (QED) is 0.893. The SMILES string of the molecule is Cc1ccc(Br)cc1NS(=O)(=O)CC1CCCCC1. The van der Waals surface area contributed by atoms with E-state index < -0.39 is 10.0 Å². The smallest absolute Gasteiger partial charge is 0.233 e. The summed E-state index contributed by atoms with van der Waals surface area (Å²) in [5.41, 5.74) is 1.61. The molecule has 0 aliphatic heterocycles. The van der Waals surface area contributed by atoms with Crippen LogP contribution >= 0.6 is 15.9 Å². The Kier molecular flexibility index (Phi) is 4.90. The molecule has 0 unspecified atom stereocenters. The number of halogens is 1. The third kappa shape index (κ3) is 4.49. The molecule has 0 spiro atoms. The minimum absolute atomic E-state index is 0.249. The maximum Gasteiger partial charge on any atom is 0.233 e. The van der Waals surface area contributed by atoms with E-state index in [1.807, 2.05) is 25.1 Å². The maximum absolute atomic E-state index is 12.2. The normalized spacial score (nSPS) is 17.4. The number of aryl methyl sites for hydroxylation is 1. The van der Waals surface area contributed by atoms with Crippen molar-refractivity contribution in [3.63, 3.8) is 0 Å². The molecule has 3 nitrogen and oxygen atoms in total. The first-order valence-electron chi connectivity index (χ1n) is 6.73. The van der Waals surface area contributed by atoms with Gasteiger partial charge < -0.3 is 0 Å². The van der Waals surface area contributed by atoms with Gasteiger partial charge in [0, 0.05) is 4.47 Å². The standard InChI is InChI=1S/C14H20BrNO2S/c1-11-7-8-13(15)9-14(11)16-19(17,18)10-12-5-3-2-4-6-12/h7-9,12,16H,2-6,10H2,1H3. The Balaban J connectivity index is 2.05. The predicted octanol–water partition coefficient (Wildman–Crippen LogP) is 4.08. The summed E-state index contributed by atoms with van der Waals surface area (Å²) >= 11 is 3.37. The molecular formula is C14H20BrNO2S.